The summed E-state index contributed by atoms with van der Waals surface area (Å²) in [5.74, 6) is -9.46. The van der Waals surface area contributed by atoms with Crippen molar-refractivity contribution in [3.05, 3.63) is 77.6 Å². The van der Waals surface area contributed by atoms with Crippen molar-refractivity contribution in [3.63, 3.8) is 0 Å². The van der Waals surface area contributed by atoms with Crippen molar-refractivity contribution in [2.75, 3.05) is 14.2 Å². The molecule has 2 amide bonds. The fraction of sp³-hybridized carbons (Fsp3) is 0.214. The number of methoxy groups -OCH3 is 2. The van der Waals surface area contributed by atoms with Crippen LogP contribution in [0, 0.1) is 5.82 Å². The number of carbonyl (C=O) groups is 4. The number of benzene rings is 3. The predicted octanol–water partition coefficient (Wildman–Crippen LogP) is 5.59. The van der Waals surface area contributed by atoms with Gasteiger partial charge in [0.25, 0.3) is 5.91 Å². The highest BCUT2D eigenvalue weighted by Gasteiger charge is 2.49. The normalized spacial score (nSPS) is 11.3. The second kappa shape index (κ2) is 15.8. The van der Waals surface area contributed by atoms with Crippen LogP contribution >= 0.6 is 0 Å². The largest absolute Gasteiger partial charge is 0.497 e. The number of hydrazine groups is 1. The van der Waals surface area contributed by atoms with Crippen molar-refractivity contribution in [3.8, 4) is 28.4 Å². The van der Waals surface area contributed by atoms with Gasteiger partial charge in [0, 0.05) is 5.56 Å². The van der Waals surface area contributed by atoms with Gasteiger partial charge in [0.15, 0.2) is 0 Å². The minimum atomic E-state index is -5.62. The van der Waals surface area contributed by atoms with Gasteiger partial charge in [-0.05, 0) is 59.7 Å². The number of ether oxygens (including phenoxy) is 4. The van der Waals surface area contributed by atoms with Crippen LogP contribution in [-0.2, 0) is 25.7 Å². The van der Waals surface area contributed by atoms with Crippen LogP contribution in [0.2, 0.25) is 0 Å². The Kier molecular flexibility index (Phi) is 12.7. The van der Waals surface area contributed by atoms with E-state index in [9.17, 15) is 63.1 Å². The number of amides is 2. The topological polar surface area (TPSA) is 129 Å². The number of rotatable bonds is 7. The van der Waals surface area contributed by atoms with Crippen molar-refractivity contribution in [1.29, 1.82) is 0 Å². The minimum Gasteiger partial charge on any atom is -0.497 e. The predicted molar refractivity (Wildman–Crippen MR) is 141 cm³/mol. The van der Waals surface area contributed by atoms with Crippen LogP contribution in [-0.4, -0.2) is 56.5 Å². The van der Waals surface area contributed by atoms with Gasteiger partial charge in [-0.15, -0.1) is 0 Å². The Morgan fingerprint density at radius 2 is 1.15 bits per heavy atom. The summed E-state index contributed by atoms with van der Waals surface area (Å²) < 4.78 is 138. The molecule has 0 aliphatic heterocycles. The van der Waals surface area contributed by atoms with E-state index in [0.717, 1.165) is 11.6 Å². The molecule has 0 unspecified atom stereocenters. The monoisotopic (exact) mass is 702 g/mol. The van der Waals surface area contributed by atoms with Crippen molar-refractivity contribution in [2.24, 2.45) is 0 Å². The first kappa shape index (κ1) is 38.6. The molecule has 2 N–H and O–H groups in total. The summed E-state index contributed by atoms with van der Waals surface area (Å²) in [7, 11) is 2.90. The summed E-state index contributed by atoms with van der Waals surface area (Å²) in [5.41, 5.74) is 3.51. The Hall–Kier alpha value is -5.56. The summed E-state index contributed by atoms with van der Waals surface area (Å²) >= 11 is 0. The molecule has 0 atom stereocenters. The molecule has 0 saturated carbocycles. The molecular formula is C28H20F10N2O8. The molecule has 0 aliphatic rings. The number of halogens is 10. The summed E-state index contributed by atoms with van der Waals surface area (Å²) in [6.45, 7) is 0.0999. The molecule has 0 radical (unpaired) electrons. The van der Waals surface area contributed by atoms with E-state index >= 15 is 0 Å². The maximum absolute atomic E-state index is 14.6. The molecule has 3 aromatic rings. The van der Waals surface area contributed by atoms with Gasteiger partial charge < -0.3 is 18.9 Å². The van der Waals surface area contributed by atoms with Crippen LogP contribution in [0.4, 0.5) is 43.9 Å². The first-order chi connectivity index (χ1) is 22.2. The molecule has 0 bridgehead atoms. The molecule has 260 valence electrons. The van der Waals surface area contributed by atoms with Crippen LogP contribution in [0.3, 0.4) is 0 Å². The lowest BCUT2D eigenvalue weighted by molar-refractivity contribution is -0.221. The quantitative estimate of drug-likeness (QED) is 0.141. The highest BCUT2D eigenvalue weighted by Crippen LogP contribution is 2.32. The van der Waals surface area contributed by atoms with Crippen molar-refractivity contribution >= 4 is 23.8 Å². The van der Waals surface area contributed by atoms with E-state index in [1.807, 2.05) is 0 Å². The summed E-state index contributed by atoms with van der Waals surface area (Å²) in [6.07, 6.45) is -16.5. The zero-order valence-electron chi connectivity index (χ0n) is 24.0. The Bertz CT molecular complexity index is 1600. The zero-order valence-corrected chi connectivity index (χ0v) is 24.0. The molecule has 48 heavy (non-hydrogen) atoms. The lowest BCUT2D eigenvalue weighted by Crippen LogP contribution is -2.47. The number of carbonyl (C=O) groups excluding carboxylic acids is 4. The lowest BCUT2D eigenvalue weighted by Gasteiger charge is -2.15. The Labute approximate surface area is 262 Å². The second-order valence-electron chi connectivity index (χ2n) is 8.77. The van der Waals surface area contributed by atoms with Crippen LogP contribution in [0.5, 0.6) is 17.2 Å². The molecule has 0 fully saturated rings. The molecule has 3 rings (SSSR count). The third-order valence-electron chi connectivity index (χ3n) is 5.46. The smallest absolute Gasteiger partial charge is 0.491 e. The van der Waals surface area contributed by atoms with Crippen molar-refractivity contribution in [1.82, 2.24) is 10.9 Å². The highest BCUT2D eigenvalue weighted by molar-refractivity contribution is 6.02. The third-order valence-corrected chi connectivity index (χ3v) is 5.46. The fourth-order valence-corrected chi connectivity index (χ4v) is 3.21. The summed E-state index contributed by atoms with van der Waals surface area (Å²) in [5, 5.41) is 0. The molecule has 0 aromatic heterocycles. The van der Waals surface area contributed by atoms with Gasteiger partial charge in [-0.3, -0.25) is 20.4 Å². The van der Waals surface area contributed by atoms with E-state index < -0.39 is 48.1 Å². The average Bonchev–Trinajstić information content (AvgIpc) is 3.01. The van der Waals surface area contributed by atoms with Gasteiger partial charge in [0.2, 0.25) is 0 Å². The molecule has 10 nitrogen and oxygen atoms in total. The molecule has 0 aliphatic carbocycles. The number of nitrogens with one attached hydrogen (secondary N) is 2. The number of hydrogen-bond acceptors (Lipinski definition) is 8. The van der Waals surface area contributed by atoms with E-state index in [1.54, 1.807) is 29.7 Å². The third kappa shape index (κ3) is 11.4. The second-order valence-corrected chi connectivity index (χ2v) is 8.77. The molecular weight excluding hydrogens is 682 g/mol. The van der Waals surface area contributed by atoms with Crippen LogP contribution < -0.4 is 25.1 Å². The van der Waals surface area contributed by atoms with Gasteiger partial charge in [-0.25, -0.2) is 14.0 Å². The molecule has 0 saturated heterocycles. The number of alkyl halides is 9. The van der Waals surface area contributed by atoms with Gasteiger partial charge in [-0.1, -0.05) is 12.1 Å². The number of hydrogen-bond donors (Lipinski definition) is 2. The van der Waals surface area contributed by atoms with Crippen molar-refractivity contribution in [2.45, 2.75) is 25.1 Å². The van der Waals surface area contributed by atoms with Crippen LogP contribution in [0.1, 0.15) is 15.9 Å². The summed E-state index contributed by atoms with van der Waals surface area (Å²) in [4.78, 5) is 43.1. The van der Waals surface area contributed by atoms with Crippen LogP contribution in [0.15, 0.2) is 60.7 Å². The Morgan fingerprint density at radius 3 is 1.65 bits per heavy atom. The maximum atomic E-state index is 14.6. The maximum Gasteiger partial charge on any atom is 0.491 e. The zero-order chi connectivity index (χ0) is 36.4. The van der Waals surface area contributed by atoms with Gasteiger partial charge >= 0.3 is 36.4 Å². The summed E-state index contributed by atoms with van der Waals surface area (Å²) in [6, 6.07) is 14.9. The highest BCUT2D eigenvalue weighted by atomic mass is 19.4. The van der Waals surface area contributed by atoms with Gasteiger partial charge in [0.1, 0.15) is 29.7 Å². The van der Waals surface area contributed by atoms with E-state index in [2.05, 4.69) is 4.74 Å². The van der Waals surface area contributed by atoms with Crippen molar-refractivity contribution < 1.29 is 82.0 Å². The average molecular weight is 702 g/mol. The van der Waals surface area contributed by atoms with Crippen LogP contribution in [0.25, 0.3) is 11.1 Å². The number of esters is 2. The standard InChI is InChI=1S/C24H20F4N2O5.C4F6O3/c1-33-15-5-3-14(4-6-15)13-35-17-7-9-18(19-11-16(34-2)8-10-21(19)25)20(12-17)22(31)29-30-23(32)24(26,27)28;5-3(6,7)1(11)13-2(12)4(8,9)10/h3-12H,13H2,1-2H3,(H,29,31)(H,30,32);. The van der Waals surface area contributed by atoms with E-state index in [0.29, 0.717) is 5.75 Å². The van der Waals surface area contributed by atoms with E-state index in [4.69, 9.17) is 14.2 Å². The Balaban J connectivity index is 0.000000521. The Morgan fingerprint density at radius 1 is 0.625 bits per heavy atom. The van der Waals surface area contributed by atoms with E-state index in [-0.39, 0.29) is 34.8 Å². The molecule has 20 heteroatoms. The van der Waals surface area contributed by atoms with Gasteiger partial charge in [0.05, 0.1) is 19.8 Å². The van der Waals surface area contributed by atoms with E-state index in [1.165, 1.54) is 50.0 Å². The SMILES string of the molecule is COc1ccc(COc2ccc(-c3cc(OC)ccc3F)c(C(=O)NNC(=O)C(F)(F)F)c2)cc1.O=C(OC(=O)C(F)(F)F)C(F)(F)F. The molecule has 0 heterocycles. The first-order valence-corrected chi connectivity index (χ1v) is 12.5. The van der Waals surface area contributed by atoms with Gasteiger partial charge in [-0.2, -0.15) is 39.5 Å². The minimum absolute atomic E-state index is 0.0388. The first-order valence-electron chi connectivity index (χ1n) is 12.5. The fourth-order valence-electron chi connectivity index (χ4n) is 3.21. The molecule has 0 spiro atoms. The lowest BCUT2D eigenvalue weighted by atomic mass is 9.98. The molecule has 3 aromatic carbocycles.